The molecule has 1 aromatic rings. The van der Waals surface area contributed by atoms with Gasteiger partial charge in [0.25, 0.3) is 0 Å². The van der Waals surface area contributed by atoms with E-state index in [9.17, 15) is 4.79 Å². The van der Waals surface area contributed by atoms with Crippen LogP contribution in [0.5, 0.6) is 0 Å². The Balaban J connectivity index is 3.07. The summed E-state index contributed by atoms with van der Waals surface area (Å²) in [6.45, 7) is 0. The minimum absolute atomic E-state index is 0.194. The number of hydrogen-bond acceptors (Lipinski definition) is 3. The van der Waals surface area contributed by atoms with Crippen molar-refractivity contribution in [1.82, 2.24) is 4.98 Å². The van der Waals surface area contributed by atoms with Gasteiger partial charge < -0.3 is 4.98 Å². The first-order valence-electron chi connectivity index (χ1n) is 2.67. The fourth-order valence-corrected chi connectivity index (χ4v) is 0.574. The Bertz CT molecular complexity index is 309. The van der Waals surface area contributed by atoms with Gasteiger partial charge in [-0.1, -0.05) is 0 Å². The van der Waals surface area contributed by atoms with Crippen molar-refractivity contribution < 1.29 is 0 Å². The highest BCUT2D eigenvalue weighted by Gasteiger charge is 1.92. The lowest BCUT2D eigenvalue weighted by Gasteiger charge is -1.91. The lowest BCUT2D eigenvalue weighted by atomic mass is 10.4. The van der Waals surface area contributed by atoms with Crippen LogP contribution >= 0.6 is 0 Å². The molecule has 10 heavy (non-hydrogen) atoms. The summed E-state index contributed by atoms with van der Waals surface area (Å²) in [6.07, 6.45) is 4.60. The molecule has 4 heteroatoms. The van der Waals surface area contributed by atoms with Crippen molar-refractivity contribution in [2.24, 2.45) is 0 Å². The number of H-pyrrole nitrogens is 1. The zero-order valence-corrected chi connectivity index (χ0v) is 5.09. The molecule has 0 aliphatic rings. The Labute approximate surface area is 57.1 Å². The molecule has 0 saturated carbocycles. The van der Waals surface area contributed by atoms with Crippen LogP contribution in [-0.4, -0.2) is 4.98 Å². The van der Waals surface area contributed by atoms with Crippen molar-refractivity contribution in [3.05, 3.63) is 28.7 Å². The molecule has 50 valence electrons. The van der Waals surface area contributed by atoms with E-state index >= 15 is 0 Å². The summed E-state index contributed by atoms with van der Waals surface area (Å²) in [4.78, 5) is 13.4. The molecule has 1 aromatic heterocycles. The fourth-order valence-electron chi connectivity index (χ4n) is 0.574. The molecular formula is C6H5N3O. The highest BCUT2D eigenvalue weighted by atomic mass is 16.1. The Morgan fingerprint density at radius 2 is 2.50 bits per heavy atom. The van der Waals surface area contributed by atoms with Crippen molar-refractivity contribution in [3.8, 4) is 6.19 Å². The summed E-state index contributed by atoms with van der Waals surface area (Å²) < 4.78 is 0. The van der Waals surface area contributed by atoms with Gasteiger partial charge in [0.05, 0.1) is 0 Å². The zero-order valence-electron chi connectivity index (χ0n) is 5.09. The van der Waals surface area contributed by atoms with Crippen LogP contribution in [0.25, 0.3) is 0 Å². The molecule has 1 heterocycles. The Hall–Kier alpha value is -1.76. The number of nitrogens with zero attached hydrogens (tertiary/aromatic N) is 1. The van der Waals surface area contributed by atoms with E-state index in [0.29, 0.717) is 0 Å². The van der Waals surface area contributed by atoms with E-state index in [-0.39, 0.29) is 11.1 Å². The molecule has 0 fully saturated rings. The van der Waals surface area contributed by atoms with Gasteiger partial charge >= 0.3 is 0 Å². The average Bonchev–Trinajstić information content (AvgIpc) is 1.94. The molecule has 1 rings (SSSR count). The Morgan fingerprint density at radius 1 is 1.70 bits per heavy atom. The first-order chi connectivity index (χ1) is 4.84. The number of nitriles is 1. The molecule has 0 atom stereocenters. The predicted octanol–water partition coefficient (Wildman–Crippen LogP) is 0.268. The largest absolute Gasteiger partial charge is 0.366 e. The van der Waals surface area contributed by atoms with Gasteiger partial charge in [0.2, 0.25) is 5.43 Å². The van der Waals surface area contributed by atoms with Crippen LogP contribution in [0.4, 0.5) is 5.69 Å². The highest BCUT2D eigenvalue weighted by Crippen LogP contribution is 1.91. The van der Waals surface area contributed by atoms with Crippen molar-refractivity contribution in [3.63, 3.8) is 0 Å². The molecule has 0 spiro atoms. The van der Waals surface area contributed by atoms with Crippen LogP contribution in [0.1, 0.15) is 0 Å². The number of hydrogen-bond donors (Lipinski definition) is 2. The smallest absolute Gasteiger partial charge is 0.205 e. The second-order valence-corrected chi connectivity index (χ2v) is 1.66. The van der Waals surface area contributed by atoms with E-state index in [1.54, 1.807) is 6.19 Å². The van der Waals surface area contributed by atoms with E-state index in [0.717, 1.165) is 0 Å². The number of nitrogens with one attached hydrogen (secondary N) is 2. The molecule has 0 unspecified atom stereocenters. The number of aromatic nitrogens is 1. The maximum absolute atomic E-state index is 10.8. The van der Waals surface area contributed by atoms with Crippen LogP contribution in [0.3, 0.4) is 0 Å². The Morgan fingerprint density at radius 3 is 3.10 bits per heavy atom. The third kappa shape index (κ3) is 1.14. The highest BCUT2D eigenvalue weighted by molar-refractivity contribution is 5.43. The van der Waals surface area contributed by atoms with Gasteiger partial charge in [0.1, 0.15) is 5.69 Å². The summed E-state index contributed by atoms with van der Waals surface area (Å²) >= 11 is 0. The minimum atomic E-state index is -0.194. The van der Waals surface area contributed by atoms with Crippen molar-refractivity contribution in [1.29, 1.82) is 5.26 Å². The van der Waals surface area contributed by atoms with Crippen LogP contribution in [0, 0.1) is 11.5 Å². The normalized spacial score (nSPS) is 8.30. The molecule has 0 aliphatic heterocycles. The Kier molecular flexibility index (Phi) is 1.71. The van der Waals surface area contributed by atoms with Gasteiger partial charge in [-0.15, -0.1) is 0 Å². The maximum Gasteiger partial charge on any atom is 0.205 e. The summed E-state index contributed by atoms with van der Waals surface area (Å²) in [5.41, 5.74) is 0.0744. The van der Waals surface area contributed by atoms with E-state index in [4.69, 9.17) is 5.26 Å². The average molecular weight is 135 g/mol. The topological polar surface area (TPSA) is 68.7 Å². The van der Waals surface area contributed by atoms with Crippen LogP contribution in [-0.2, 0) is 0 Å². The molecule has 0 bridgehead atoms. The second-order valence-electron chi connectivity index (χ2n) is 1.66. The quantitative estimate of drug-likeness (QED) is 0.429. The van der Waals surface area contributed by atoms with Gasteiger partial charge in [-0.2, -0.15) is 5.26 Å². The van der Waals surface area contributed by atoms with E-state index < -0.39 is 0 Å². The molecule has 4 nitrogen and oxygen atoms in total. The van der Waals surface area contributed by atoms with Crippen molar-refractivity contribution in [2.75, 3.05) is 5.32 Å². The number of rotatable bonds is 1. The molecule has 0 saturated heterocycles. The summed E-state index contributed by atoms with van der Waals surface area (Å²) in [5, 5.41) is 10.4. The van der Waals surface area contributed by atoms with E-state index in [1.807, 2.05) is 0 Å². The van der Waals surface area contributed by atoms with E-state index in [2.05, 4.69) is 10.3 Å². The minimum Gasteiger partial charge on any atom is -0.366 e. The zero-order chi connectivity index (χ0) is 7.40. The standard InChI is InChI=1S/C6H5N3O/c7-4-9-5-3-8-2-1-6(5)10/h1-3,9H,(H,8,10). The summed E-state index contributed by atoms with van der Waals surface area (Å²) in [6, 6.07) is 1.35. The maximum atomic E-state index is 10.8. The SMILES string of the molecule is N#CNc1c[nH]ccc1=O. The number of aromatic amines is 1. The predicted molar refractivity (Wildman–Crippen MR) is 36.3 cm³/mol. The molecular weight excluding hydrogens is 130 g/mol. The van der Waals surface area contributed by atoms with E-state index in [1.165, 1.54) is 18.5 Å². The monoisotopic (exact) mass is 135 g/mol. The lowest BCUT2D eigenvalue weighted by molar-refractivity contribution is 1.29. The molecule has 0 aliphatic carbocycles. The lowest BCUT2D eigenvalue weighted by Crippen LogP contribution is -2.05. The van der Waals surface area contributed by atoms with Crippen molar-refractivity contribution in [2.45, 2.75) is 0 Å². The third-order valence-electron chi connectivity index (χ3n) is 1.01. The van der Waals surface area contributed by atoms with Crippen molar-refractivity contribution >= 4 is 5.69 Å². The van der Waals surface area contributed by atoms with Crippen LogP contribution in [0.2, 0.25) is 0 Å². The second kappa shape index (κ2) is 2.69. The third-order valence-corrected chi connectivity index (χ3v) is 1.01. The fraction of sp³-hybridized carbons (Fsp3) is 0. The van der Waals surface area contributed by atoms with Gasteiger partial charge in [-0.3, -0.25) is 10.1 Å². The van der Waals surface area contributed by atoms with Gasteiger partial charge in [-0.25, -0.2) is 0 Å². The van der Waals surface area contributed by atoms with Gasteiger partial charge in [0.15, 0.2) is 6.19 Å². The summed E-state index contributed by atoms with van der Waals surface area (Å²) in [5.74, 6) is 0. The molecule has 0 radical (unpaired) electrons. The van der Waals surface area contributed by atoms with Crippen LogP contribution in [0.15, 0.2) is 23.3 Å². The molecule has 0 aromatic carbocycles. The van der Waals surface area contributed by atoms with Gasteiger partial charge in [0, 0.05) is 18.5 Å². The molecule has 2 N–H and O–H groups in total. The number of anilines is 1. The van der Waals surface area contributed by atoms with Gasteiger partial charge in [-0.05, 0) is 0 Å². The molecule has 0 amide bonds. The first-order valence-corrected chi connectivity index (χ1v) is 2.67. The summed E-state index contributed by atoms with van der Waals surface area (Å²) in [7, 11) is 0. The van der Waals surface area contributed by atoms with Crippen LogP contribution < -0.4 is 10.7 Å². The first kappa shape index (κ1) is 6.36. The number of pyridine rings is 1.